The normalized spacial score (nSPS) is 10.7. The second kappa shape index (κ2) is 8.55. The van der Waals surface area contributed by atoms with Crippen LogP contribution in [-0.4, -0.2) is 19.8 Å². The number of hydrogen-bond acceptors (Lipinski definition) is 4. The van der Waals surface area contributed by atoms with Crippen molar-refractivity contribution in [2.24, 2.45) is 0 Å². The van der Waals surface area contributed by atoms with Crippen LogP contribution in [0.3, 0.4) is 0 Å². The molecule has 0 rings (SSSR count). The van der Waals surface area contributed by atoms with E-state index >= 15 is 0 Å². The fourth-order valence-corrected chi connectivity index (χ4v) is 2.06. The van der Waals surface area contributed by atoms with E-state index in [0.717, 1.165) is 5.57 Å². The van der Waals surface area contributed by atoms with Gasteiger partial charge in [-0.05, 0) is 26.3 Å². The van der Waals surface area contributed by atoms with E-state index in [1.807, 2.05) is 0 Å². The van der Waals surface area contributed by atoms with Gasteiger partial charge in [0.25, 0.3) is 0 Å². The van der Waals surface area contributed by atoms with Crippen LogP contribution in [0.15, 0.2) is 12.2 Å². The molecule has 0 amide bonds. The van der Waals surface area contributed by atoms with E-state index in [9.17, 15) is 4.57 Å². The summed E-state index contributed by atoms with van der Waals surface area (Å²) in [7, 11) is -3.41. The molecule has 0 saturated carbocycles. The minimum Gasteiger partial charge on any atom is -0.287 e. The topological polar surface area (TPSA) is 44.8 Å². The zero-order valence-corrected chi connectivity index (χ0v) is 11.0. The highest BCUT2D eigenvalue weighted by Gasteiger charge is 2.25. The van der Waals surface area contributed by atoms with Crippen molar-refractivity contribution in [3.63, 3.8) is 0 Å². The van der Waals surface area contributed by atoms with Gasteiger partial charge in [-0.1, -0.05) is 12.5 Å². The van der Waals surface area contributed by atoms with Crippen LogP contribution >= 0.6 is 7.82 Å². The summed E-state index contributed by atoms with van der Waals surface area (Å²) >= 11 is 0. The molecule has 0 saturated heterocycles. The van der Waals surface area contributed by atoms with Gasteiger partial charge in [0.05, 0.1) is 19.8 Å². The van der Waals surface area contributed by atoms with Crippen molar-refractivity contribution in [2.45, 2.75) is 27.2 Å². The Morgan fingerprint density at radius 1 is 1.25 bits per heavy atom. The quantitative estimate of drug-likeness (QED) is 0.375. The predicted octanol–water partition coefficient (Wildman–Crippen LogP) is 3.15. The Kier molecular flexibility index (Phi) is 8.23. The highest BCUT2D eigenvalue weighted by Crippen LogP contribution is 2.49. The van der Waals surface area contributed by atoms with Gasteiger partial charge in [0.15, 0.2) is 0 Å². The third-order valence-electron chi connectivity index (χ3n) is 1.52. The van der Waals surface area contributed by atoms with E-state index in [1.54, 1.807) is 20.8 Å². The van der Waals surface area contributed by atoms with Gasteiger partial charge in [0, 0.05) is 6.42 Å². The maximum Gasteiger partial charge on any atom is 0.475 e. The van der Waals surface area contributed by atoms with Gasteiger partial charge in [-0.3, -0.25) is 13.6 Å². The Bertz CT molecular complexity index is 304. The van der Waals surface area contributed by atoms with E-state index in [2.05, 4.69) is 18.4 Å². The lowest BCUT2D eigenvalue weighted by Crippen LogP contribution is -2.02. The molecule has 0 aliphatic rings. The first-order valence-corrected chi connectivity index (χ1v) is 6.64. The van der Waals surface area contributed by atoms with Crippen LogP contribution in [0.25, 0.3) is 0 Å². The number of rotatable bonds is 8. The lowest BCUT2D eigenvalue weighted by Gasteiger charge is -2.16. The summed E-state index contributed by atoms with van der Waals surface area (Å²) < 4.78 is 26.9. The number of phosphoric acid groups is 1. The van der Waals surface area contributed by atoms with Gasteiger partial charge >= 0.3 is 7.82 Å². The second-order valence-electron chi connectivity index (χ2n) is 2.91. The van der Waals surface area contributed by atoms with Crippen molar-refractivity contribution >= 4 is 7.82 Å². The SMILES string of the molecule is C=C(CC#CC)COP(=O)(OCC)OCC. The van der Waals surface area contributed by atoms with Gasteiger partial charge in [-0.25, -0.2) is 4.57 Å². The van der Waals surface area contributed by atoms with Gasteiger partial charge in [-0.15, -0.1) is 5.92 Å². The third-order valence-corrected chi connectivity index (χ3v) is 3.11. The molecule has 5 heteroatoms. The Morgan fingerprint density at radius 2 is 1.81 bits per heavy atom. The lowest BCUT2D eigenvalue weighted by atomic mass is 10.2. The molecular formula is C11H19O4P. The van der Waals surface area contributed by atoms with E-state index in [1.165, 1.54) is 0 Å². The smallest absolute Gasteiger partial charge is 0.287 e. The molecule has 4 nitrogen and oxygen atoms in total. The summed E-state index contributed by atoms with van der Waals surface area (Å²) in [5.74, 6) is 5.60. The predicted molar refractivity (Wildman–Crippen MR) is 64.0 cm³/mol. The standard InChI is InChI=1S/C11H19O4P/c1-5-8-9-11(4)10-15-16(12,13-6-2)14-7-3/h4,6-7,9-10H2,1-3H3. The molecule has 0 aromatic carbocycles. The summed E-state index contributed by atoms with van der Waals surface area (Å²) in [4.78, 5) is 0. The van der Waals surface area contributed by atoms with E-state index < -0.39 is 7.82 Å². The third kappa shape index (κ3) is 6.81. The minimum atomic E-state index is -3.41. The fraction of sp³-hybridized carbons (Fsp3) is 0.636. The van der Waals surface area contributed by atoms with E-state index in [0.29, 0.717) is 6.42 Å². The van der Waals surface area contributed by atoms with Crippen LogP contribution < -0.4 is 0 Å². The average Bonchev–Trinajstić information content (AvgIpc) is 2.24. The molecule has 0 bridgehead atoms. The van der Waals surface area contributed by atoms with Crippen LogP contribution in [0.1, 0.15) is 27.2 Å². The molecule has 0 atom stereocenters. The van der Waals surface area contributed by atoms with Crippen molar-refractivity contribution in [1.82, 2.24) is 0 Å². The summed E-state index contributed by atoms with van der Waals surface area (Å²) in [6, 6.07) is 0. The van der Waals surface area contributed by atoms with Gasteiger partial charge in [0.1, 0.15) is 0 Å². The van der Waals surface area contributed by atoms with Crippen molar-refractivity contribution in [2.75, 3.05) is 19.8 Å². The maximum atomic E-state index is 11.8. The summed E-state index contributed by atoms with van der Waals surface area (Å²) in [5, 5.41) is 0. The van der Waals surface area contributed by atoms with Crippen molar-refractivity contribution < 1.29 is 18.1 Å². The van der Waals surface area contributed by atoms with Crippen LogP contribution in [-0.2, 0) is 18.1 Å². The molecular weight excluding hydrogens is 227 g/mol. The first-order valence-electron chi connectivity index (χ1n) is 5.17. The van der Waals surface area contributed by atoms with Gasteiger partial charge in [-0.2, -0.15) is 0 Å². The largest absolute Gasteiger partial charge is 0.475 e. The molecule has 0 aliphatic carbocycles. The van der Waals surface area contributed by atoms with Gasteiger partial charge in [0.2, 0.25) is 0 Å². The molecule has 16 heavy (non-hydrogen) atoms. The molecule has 0 fully saturated rings. The summed E-state index contributed by atoms with van der Waals surface area (Å²) in [6.07, 6.45) is 0.523. The Morgan fingerprint density at radius 3 is 2.25 bits per heavy atom. The molecule has 0 aromatic heterocycles. The molecule has 0 aromatic rings. The highest BCUT2D eigenvalue weighted by atomic mass is 31.2. The zero-order chi connectivity index (χ0) is 12.4. The molecule has 0 heterocycles. The van der Waals surface area contributed by atoms with Crippen LogP contribution in [0.5, 0.6) is 0 Å². The summed E-state index contributed by atoms with van der Waals surface area (Å²) in [6.45, 7) is 9.65. The minimum absolute atomic E-state index is 0.131. The highest BCUT2D eigenvalue weighted by molar-refractivity contribution is 7.48. The first kappa shape index (κ1) is 15.4. The number of hydrogen-bond donors (Lipinski definition) is 0. The van der Waals surface area contributed by atoms with Crippen molar-refractivity contribution in [1.29, 1.82) is 0 Å². The molecule has 0 N–H and O–H groups in total. The fourth-order valence-electron chi connectivity index (χ4n) is 0.863. The maximum absolute atomic E-state index is 11.8. The second-order valence-corrected chi connectivity index (χ2v) is 4.58. The average molecular weight is 246 g/mol. The zero-order valence-electron chi connectivity index (χ0n) is 10.1. The number of phosphoric ester groups is 1. The first-order chi connectivity index (χ1) is 7.58. The molecule has 0 aliphatic heterocycles. The van der Waals surface area contributed by atoms with Crippen LogP contribution in [0.2, 0.25) is 0 Å². The molecule has 0 unspecified atom stereocenters. The Labute approximate surface area is 97.6 Å². The summed E-state index contributed by atoms with van der Waals surface area (Å²) in [5.41, 5.74) is 0.744. The molecule has 0 spiro atoms. The lowest BCUT2D eigenvalue weighted by molar-refractivity contribution is 0.129. The van der Waals surface area contributed by atoms with Crippen molar-refractivity contribution in [3.05, 3.63) is 12.2 Å². The molecule has 92 valence electrons. The monoisotopic (exact) mass is 246 g/mol. The Balaban J connectivity index is 4.14. The molecule has 0 radical (unpaired) electrons. The van der Waals surface area contributed by atoms with E-state index in [4.69, 9.17) is 13.6 Å². The van der Waals surface area contributed by atoms with Crippen LogP contribution in [0, 0.1) is 11.8 Å². The van der Waals surface area contributed by atoms with E-state index in [-0.39, 0.29) is 19.8 Å². The van der Waals surface area contributed by atoms with Crippen LogP contribution in [0.4, 0.5) is 0 Å². The van der Waals surface area contributed by atoms with Gasteiger partial charge < -0.3 is 0 Å². The Hall–Kier alpha value is -0.590. The van der Waals surface area contributed by atoms with Crippen molar-refractivity contribution in [3.8, 4) is 11.8 Å².